The van der Waals surface area contributed by atoms with Crippen LogP contribution in [0.1, 0.15) is 36.3 Å². The number of piperazine rings is 1. The van der Waals surface area contributed by atoms with E-state index in [2.05, 4.69) is 10.2 Å². The standard InChI is InChI=1S/C13H21N3S/c1-2-4-6-12-11(5-3-1)15-13(17-12)16-9-7-14-8-10-16/h14H,1-10H2. The number of rotatable bonds is 1. The molecule has 0 radical (unpaired) electrons. The molecule has 2 aliphatic rings. The molecule has 17 heavy (non-hydrogen) atoms. The van der Waals surface area contributed by atoms with Gasteiger partial charge in [-0.1, -0.05) is 12.8 Å². The lowest BCUT2D eigenvalue weighted by molar-refractivity contribution is 0.586. The van der Waals surface area contributed by atoms with Crippen LogP contribution in [-0.2, 0) is 12.8 Å². The summed E-state index contributed by atoms with van der Waals surface area (Å²) in [7, 11) is 0. The van der Waals surface area contributed by atoms with Gasteiger partial charge in [0.1, 0.15) is 0 Å². The molecule has 1 aromatic rings. The molecule has 0 amide bonds. The van der Waals surface area contributed by atoms with Crippen LogP contribution in [0.3, 0.4) is 0 Å². The van der Waals surface area contributed by atoms with E-state index in [0.29, 0.717) is 0 Å². The molecule has 1 saturated heterocycles. The van der Waals surface area contributed by atoms with Crippen molar-refractivity contribution < 1.29 is 0 Å². The average Bonchev–Trinajstić information content (AvgIpc) is 2.73. The highest BCUT2D eigenvalue weighted by Gasteiger charge is 2.18. The van der Waals surface area contributed by atoms with E-state index >= 15 is 0 Å². The van der Waals surface area contributed by atoms with Gasteiger partial charge in [0.2, 0.25) is 0 Å². The van der Waals surface area contributed by atoms with E-state index in [1.54, 1.807) is 4.88 Å². The molecule has 0 aromatic carbocycles. The predicted octanol–water partition coefficient (Wildman–Crippen LogP) is 2.21. The van der Waals surface area contributed by atoms with Gasteiger partial charge in [-0.2, -0.15) is 0 Å². The molecule has 0 bridgehead atoms. The Kier molecular flexibility index (Phi) is 3.62. The van der Waals surface area contributed by atoms with Crippen LogP contribution in [0.25, 0.3) is 0 Å². The zero-order valence-electron chi connectivity index (χ0n) is 10.4. The van der Waals surface area contributed by atoms with Crippen molar-refractivity contribution >= 4 is 16.5 Å². The molecule has 0 unspecified atom stereocenters. The molecule has 3 rings (SSSR count). The SMILES string of the molecule is C1CCCc2sc(N3CCNCC3)nc2CC1. The van der Waals surface area contributed by atoms with Crippen LogP contribution in [0.4, 0.5) is 5.13 Å². The van der Waals surface area contributed by atoms with Crippen LogP contribution in [-0.4, -0.2) is 31.2 Å². The van der Waals surface area contributed by atoms with Gasteiger partial charge in [0.25, 0.3) is 0 Å². The maximum atomic E-state index is 4.89. The second kappa shape index (κ2) is 5.36. The quantitative estimate of drug-likeness (QED) is 0.829. The van der Waals surface area contributed by atoms with Crippen molar-refractivity contribution in [3.05, 3.63) is 10.6 Å². The van der Waals surface area contributed by atoms with Crippen LogP contribution in [0, 0.1) is 0 Å². The van der Waals surface area contributed by atoms with Gasteiger partial charge in [0.05, 0.1) is 5.69 Å². The summed E-state index contributed by atoms with van der Waals surface area (Å²) in [6.45, 7) is 4.44. The van der Waals surface area contributed by atoms with Crippen molar-refractivity contribution in [2.75, 3.05) is 31.1 Å². The average molecular weight is 251 g/mol. The molecule has 1 aromatic heterocycles. The molecule has 0 saturated carbocycles. The fraction of sp³-hybridized carbons (Fsp3) is 0.769. The van der Waals surface area contributed by atoms with Crippen LogP contribution in [0.5, 0.6) is 0 Å². The Labute approximate surface area is 107 Å². The second-order valence-corrected chi connectivity index (χ2v) is 6.08. The maximum absolute atomic E-state index is 4.89. The minimum atomic E-state index is 1.10. The summed E-state index contributed by atoms with van der Waals surface area (Å²) in [6.07, 6.45) is 7.95. The zero-order chi connectivity index (χ0) is 11.5. The van der Waals surface area contributed by atoms with E-state index in [1.165, 1.54) is 49.4 Å². The number of nitrogens with one attached hydrogen (secondary N) is 1. The minimum absolute atomic E-state index is 1.10. The van der Waals surface area contributed by atoms with E-state index < -0.39 is 0 Å². The van der Waals surface area contributed by atoms with Crippen LogP contribution < -0.4 is 10.2 Å². The van der Waals surface area contributed by atoms with Gasteiger partial charge in [-0.15, -0.1) is 11.3 Å². The number of anilines is 1. The third-order valence-corrected chi connectivity index (χ3v) is 4.94. The molecule has 1 aliphatic heterocycles. The van der Waals surface area contributed by atoms with Crippen LogP contribution >= 0.6 is 11.3 Å². The second-order valence-electron chi connectivity index (χ2n) is 5.02. The highest BCUT2D eigenvalue weighted by atomic mass is 32.1. The van der Waals surface area contributed by atoms with E-state index in [1.807, 2.05) is 11.3 Å². The fourth-order valence-corrected chi connectivity index (χ4v) is 3.88. The topological polar surface area (TPSA) is 28.2 Å². The Morgan fingerprint density at radius 3 is 2.59 bits per heavy atom. The number of hydrogen-bond acceptors (Lipinski definition) is 4. The number of aromatic nitrogens is 1. The number of aryl methyl sites for hydroxylation is 2. The number of nitrogens with zero attached hydrogens (tertiary/aromatic N) is 2. The van der Waals surface area contributed by atoms with Crippen LogP contribution in [0.2, 0.25) is 0 Å². The first-order valence-corrected chi connectivity index (χ1v) is 7.69. The van der Waals surface area contributed by atoms with Crippen molar-refractivity contribution in [3.63, 3.8) is 0 Å². The number of fused-ring (bicyclic) bond motifs is 1. The lowest BCUT2D eigenvalue weighted by Crippen LogP contribution is -2.43. The van der Waals surface area contributed by atoms with Crippen molar-refractivity contribution in [3.8, 4) is 0 Å². The Hall–Kier alpha value is -0.610. The third kappa shape index (κ3) is 2.63. The Morgan fingerprint density at radius 1 is 1.00 bits per heavy atom. The Bertz CT molecular complexity index is 343. The molecule has 1 N–H and O–H groups in total. The van der Waals surface area contributed by atoms with Gasteiger partial charge in [0.15, 0.2) is 5.13 Å². The van der Waals surface area contributed by atoms with Crippen molar-refractivity contribution in [2.24, 2.45) is 0 Å². The lowest BCUT2D eigenvalue weighted by atomic mass is 10.0. The molecular formula is C13H21N3S. The van der Waals surface area contributed by atoms with Gasteiger partial charge >= 0.3 is 0 Å². The monoisotopic (exact) mass is 251 g/mol. The first-order chi connectivity index (χ1) is 8.43. The van der Waals surface area contributed by atoms with Gasteiger partial charge in [-0.25, -0.2) is 4.98 Å². The molecule has 1 aliphatic carbocycles. The summed E-state index contributed by atoms with van der Waals surface area (Å²) in [5.41, 5.74) is 1.41. The first kappa shape index (κ1) is 11.5. The molecule has 0 atom stereocenters. The molecule has 2 heterocycles. The molecular weight excluding hydrogens is 230 g/mol. The highest BCUT2D eigenvalue weighted by molar-refractivity contribution is 7.15. The van der Waals surface area contributed by atoms with Crippen molar-refractivity contribution in [1.82, 2.24) is 10.3 Å². The molecule has 3 nitrogen and oxygen atoms in total. The smallest absolute Gasteiger partial charge is 0.185 e. The molecule has 94 valence electrons. The summed E-state index contributed by atoms with van der Waals surface area (Å²) in [4.78, 5) is 8.91. The summed E-state index contributed by atoms with van der Waals surface area (Å²) >= 11 is 1.95. The van der Waals surface area contributed by atoms with Gasteiger partial charge in [-0.05, 0) is 25.7 Å². The zero-order valence-corrected chi connectivity index (χ0v) is 11.2. The number of hydrogen-bond donors (Lipinski definition) is 1. The maximum Gasteiger partial charge on any atom is 0.185 e. The summed E-state index contributed by atoms with van der Waals surface area (Å²) < 4.78 is 0. The first-order valence-electron chi connectivity index (χ1n) is 6.88. The third-order valence-electron chi connectivity index (χ3n) is 3.72. The largest absolute Gasteiger partial charge is 0.346 e. The van der Waals surface area contributed by atoms with E-state index in [0.717, 1.165) is 26.2 Å². The van der Waals surface area contributed by atoms with Crippen LogP contribution in [0.15, 0.2) is 0 Å². The molecule has 1 fully saturated rings. The summed E-state index contributed by atoms with van der Waals surface area (Å²) in [6, 6.07) is 0. The fourth-order valence-electron chi connectivity index (χ4n) is 2.68. The van der Waals surface area contributed by atoms with Gasteiger partial charge < -0.3 is 10.2 Å². The molecule has 4 heteroatoms. The van der Waals surface area contributed by atoms with E-state index in [-0.39, 0.29) is 0 Å². The minimum Gasteiger partial charge on any atom is -0.346 e. The Balaban J connectivity index is 1.78. The summed E-state index contributed by atoms with van der Waals surface area (Å²) in [5.74, 6) is 0. The lowest BCUT2D eigenvalue weighted by Gasteiger charge is -2.26. The number of thiazole rings is 1. The Morgan fingerprint density at radius 2 is 1.76 bits per heavy atom. The van der Waals surface area contributed by atoms with Crippen molar-refractivity contribution in [1.29, 1.82) is 0 Å². The predicted molar refractivity (Wildman–Crippen MR) is 73.1 cm³/mol. The normalized spacial score (nSPS) is 21.8. The van der Waals surface area contributed by atoms with E-state index in [9.17, 15) is 0 Å². The van der Waals surface area contributed by atoms with Gasteiger partial charge in [0, 0.05) is 31.1 Å². The van der Waals surface area contributed by atoms with E-state index in [4.69, 9.17) is 4.98 Å². The highest BCUT2D eigenvalue weighted by Crippen LogP contribution is 2.30. The summed E-state index contributed by atoms with van der Waals surface area (Å²) in [5, 5.41) is 4.68. The van der Waals surface area contributed by atoms with Gasteiger partial charge in [-0.3, -0.25) is 0 Å². The van der Waals surface area contributed by atoms with Crippen molar-refractivity contribution in [2.45, 2.75) is 38.5 Å². The molecule has 0 spiro atoms.